The van der Waals surface area contributed by atoms with Crippen molar-refractivity contribution in [1.82, 2.24) is 4.98 Å². The third kappa shape index (κ3) is 2.82. The standard InChI is InChI=1S/C9H5Br2NS2/c10-6-1-3-7(4-2-6)14-9-12-8(11)5-13-9/h1-5H. The number of hydrogen-bond donors (Lipinski definition) is 0. The molecule has 0 aliphatic carbocycles. The minimum Gasteiger partial charge on any atom is -0.222 e. The van der Waals surface area contributed by atoms with Gasteiger partial charge >= 0.3 is 0 Å². The number of hydrogen-bond acceptors (Lipinski definition) is 3. The molecule has 1 aromatic heterocycles. The highest BCUT2D eigenvalue weighted by Crippen LogP contribution is 2.32. The number of benzene rings is 1. The average molecular weight is 351 g/mol. The summed E-state index contributed by atoms with van der Waals surface area (Å²) in [6, 6.07) is 8.21. The topological polar surface area (TPSA) is 12.9 Å². The monoisotopic (exact) mass is 349 g/mol. The number of aromatic nitrogens is 1. The molecule has 5 heteroatoms. The van der Waals surface area contributed by atoms with E-state index in [1.54, 1.807) is 23.1 Å². The highest BCUT2D eigenvalue weighted by Gasteiger charge is 2.01. The van der Waals surface area contributed by atoms with E-state index in [1.165, 1.54) is 4.90 Å². The van der Waals surface area contributed by atoms with Gasteiger partial charge in [-0.15, -0.1) is 11.3 Å². The molecule has 0 saturated heterocycles. The Balaban J connectivity index is 2.15. The van der Waals surface area contributed by atoms with E-state index >= 15 is 0 Å². The van der Waals surface area contributed by atoms with Crippen molar-refractivity contribution in [2.24, 2.45) is 0 Å². The van der Waals surface area contributed by atoms with Crippen LogP contribution in [-0.4, -0.2) is 4.98 Å². The quantitative estimate of drug-likeness (QED) is 0.770. The first-order chi connectivity index (χ1) is 6.74. The van der Waals surface area contributed by atoms with Gasteiger partial charge in [0, 0.05) is 14.7 Å². The van der Waals surface area contributed by atoms with Crippen LogP contribution in [0.25, 0.3) is 0 Å². The van der Waals surface area contributed by atoms with Crippen molar-refractivity contribution >= 4 is 55.0 Å². The van der Waals surface area contributed by atoms with E-state index in [0.717, 1.165) is 13.4 Å². The van der Waals surface area contributed by atoms with Crippen molar-refractivity contribution in [1.29, 1.82) is 0 Å². The van der Waals surface area contributed by atoms with Crippen LogP contribution in [0, 0.1) is 0 Å². The lowest BCUT2D eigenvalue weighted by atomic mass is 10.4. The van der Waals surface area contributed by atoms with Gasteiger partial charge in [-0.3, -0.25) is 0 Å². The van der Waals surface area contributed by atoms with Gasteiger partial charge in [0.2, 0.25) is 0 Å². The fourth-order valence-electron chi connectivity index (χ4n) is 0.889. The third-order valence-corrected chi connectivity index (χ3v) is 4.66. The van der Waals surface area contributed by atoms with Crippen LogP contribution in [0.5, 0.6) is 0 Å². The first kappa shape index (κ1) is 10.7. The smallest absolute Gasteiger partial charge is 0.155 e. The maximum absolute atomic E-state index is 4.31. The fourth-order valence-corrected chi connectivity index (χ4v) is 3.49. The highest BCUT2D eigenvalue weighted by molar-refractivity contribution is 9.10. The lowest BCUT2D eigenvalue weighted by Crippen LogP contribution is -1.71. The van der Waals surface area contributed by atoms with Gasteiger partial charge in [-0.25, -0.2) is 4.98 Å². The number of rotatable bonds is 2. The summed E-state index contributed by atoms with van der Waals surface area (Å²) in [5.74, 6) is 0. The molecule has 1 nitrogen and oxygen atoms in total. The Kier molecular flexibility index (Phi) is 3.65. The van der Waals surface area contributed by atoms with Gasteiger partial charge in [0.15, 0.2) is 4.34 Å². The van der Waals surface area contributed by atoms with Crippen LogP contribution in [0.3, 0.4) is 0 Å². The van der Waals surface area contributed by atoms with Crippen molar-refractivity contribution in [3.63, 3.8) is 0 Å². The Labute approximate surface area is 107 Å². The molecule has 2 aromatic rings. The van der Waals surface area contributed by atoms with Crippen molar-refractivity contribution in [3.05, 3.63) is 38.7 Å². The predicted octanol–water partition coefficient (Wildman–Crippen LogP) is 4.82. The van der Waals surface area contributed by atoms with Crippen LogP contribution in [-0.2, 0) is 0 Å². The van der Waals surface area contributed by atoms with Crippen LogP contribution >= 0.6 is 55.0 Å². The molecule has 1 aromatic carbocycles. The maximum atomic E-state index is 4.31. The molecule has 0 N–H and O–H groups in total. The van der Waals surface area contributed by atoms with E-state index < -0.39 is 0 Å². The molecule has 0 bridgehead atoms. The summed E-state index contributed by atoms with van der Waals surface area (Å²) in [7, 11) is 0. The lowest BCUT2D eigenvalue weighted by molar-refractivity contribution is 1.21. The Hall–Kier alpha value is 0.160. The molecule has 0 aliphatic heterocycles. The van der Waals surface area contributed by atoms with E-state index in [2.05, 4.69) is 49.0 Å². The zero-order valence-electron chi connectivity index (χ0n) is 6.91. The van der Waals surface area contributed by atoms with Gasteiger partial charge in [0.1, 0.15) is 4.60 Å². The van der Waals surface area contributed by atoms with Crippen LogP contribution in [0.1, 0.15) is 0 Å². The predicted molar refractivity (Wildman–Crippen MR) is 68.1 cm³/mol. The van der Waals surface area contributed by atoms with Crippen LogP contribution in [0.2, 0.25) is 0 Å². The second-order valence-electron chi connectivity index (χ2n) is 2.49. The average Bonchev–Trinajstić information content (AvgIpc) is 2.56. The maximum Gasteiger partial charge on any atom is 0.155 e. The Morgan fingerprint density at radius 1 is 1.14 bits per heavy atom. The first-order valence-electron chi connectivity index (χ1n) is 3.78. The molecule has 0 amide bonds. The largest absolute Gasteiger partial charge is 0.222 e. The summed E-state index contributed by atoms with van der Waals surface area (Å²) in [5.41, 5.74) is 0. The van der Waals surface area contributed by atoms with E-state index in [-0.39, 0.29) is 0 Å². The normalized spacial score (nSPS) is 10.4. The Bertz CT molecular complexity index is 425. The zero-order valence-corrected chi connectivity index (χ0v) is 11.7. The van der Waals surface area contributed by atoms with Crippen LogP contribution in [0.15, 0.2) is 48.0 Å². The summed E-state index contributed by atoms with van der Waals surface area (Å²) >= 11 is 10.1. The number of halogens is 2. The van der Waals surface area contributed by atoms with E-state index in [4.69, 9.17) is 0 Å². The molecular weight excluding hydrogens is 346 g/mol. The fraction of sp³-hybridized carbons (Fsp3) is 0. The molecule has 0 radical (unpaired) electrons. The molecule has 0 aliphatic rings. The molecule has 0 spiro atoms. The Morgan fingerprint density at radius 3 is 2.43 bits per heavy atom. The zero-order chi connectivity index (χ0) is 9.97. The SMILES string of the molecule is Brc1ccc(Sc2nc(Br)cs2)cc1. The van der Waals surface area contributed by atoms with Crippen molar-refractivity contribution in [2.75, 3.05) is 0 Å². The van der Waals surface area contributed by atoms with Crippen molar-refractivity contribution in [2.45, 2.75) is 9.24 Å². The summed E-state index contributed by atoms with van der Waals surface area (Å²) in [6.45, 7) is 0. The Morgan fingerprint density at radius 2 is 1.86 bits per heavy atom. The second kappa shape index (κ2) is 4.79. The van der Waals surface area contributed by atoms with Gasteiger partial charge in [-0.05, 0) is 40.2 Å². The van der Waals surface area contributed by atoms with E-state index in [9.17, 15) is 0 Å². The molecule has 14 heavy (non-hydrogen) atoms. The van der Waals surface area contributed by atoms with Gasteiger partial charge < -0.3 is 0 Å². The summed E-state index contributed by atoms with van der Waals surface area (Å²) in [6.07, 6.45) is 0. The lowest BCUT2D eigenvalue weighted by Gasteiger charge is -1.96. The van der Waals surface area contributed by atoms with Crippen LogP contribution < -0.4 is 0 Å². The molecule has 72 valence electrons. The molecule has 1 heterocycles. The summed E-state index contributed by atoms with van der Waals surface area (Å²) in [5, 5.41) is 1.99. The van der Waals surface area contributed by atoms with Crippen molar-refractivity contribution < 1.29 is 0 Å². The number of thiazole rings is 1. The minimum absolute atomic E-state index is 0.905. The molecule has 0 unspecified atom stereocenters. The number of nitrogens with zero attached hydrogens (tertiary/aromatic N) is 1. The van der Waals surface area contributed by atoms with Gasteiger partial charge in [0.25, 0.3) is 0 Å². The van der Waals surface area contributed by atoms with Crippen LogP contribution in [0.4, 0.5) is 0 Å². The van der Waals surface area contributed by atoms with E-state index in [1.807, 2.05) is 17.5 Å². The van der Waals surface area contributed by atoms with Gasteiger partial charge in [-0.1, -0.05) is 27.7 Å². The van der Waals surface area contributed by atoms with Gasteiger partial charge in [0.05, 0.1) is 0 Å². The molecule has 2 rings (SSSR count). The minimum atomic E-state index is 0.905. The highest BCUT2D eigenvalue weighted by atomic mass is 79.9. The second-order valence-corrected chi connectivity index (χ2v) is 6.40. The summed E-state index contributed by atoms with van der Waals surface area (Å²) in [4.78, 5) is 5.52. The molecule has 0 atom stereocenters. The van der Waals surface area contributed by atoms with Gasteiger partial charge in [-0.2, -0.15) is 0 Å². The summed E-state index contributed by atoms with van der Waals surface area (Å²) < 4.78 is 3.06. The first-order valence-corrected chi connectivity index (χ1v) is 7.07. The third-order valence-electron chi connectivity index (χ3n) is 1.47. The molecule has 0 saturated carbocycles. The van der Waals surface area contributed by atoms with E-state index in [0.29, 0.717) is 0 Å². The molecule has 0 fully saturated rings. The van der Waals surface area contributed by atoms with Crippen molar-refractivity contribution in [3.8, 4) is 0 Å². The molecular formula is C9H5Br2NS2.